The van der Waals surface area contributed by atoms with Gasteiger partial charge in [-0.1, -0.05) is 121 Å². The van der Waals surface area contributed by atoms with Gasteiger partial charge >= 0.3 is 0 Å². The topological polar surface area (TPSA) is 15.8 Å². The highest BCUT2D eigenvalue weighted by Crippen LogP contribution is 2.39. The smallest absolute Gasteiger partial charge is 0.0506 e. The summed E-state index contributed by atoms with van der Waals surface area (Å²) in [6, 6.07) is 40.5. The normalized spacial score (nSPS) is 12.4. The van der Waals surface area contributed by atoms with Crippen LogP contribution in [0.3, 0.4) is 0 Å². The standard InChI is InChI=1S/C29H23N/c1-4-12-22(13-5-1)20-21-25(23-14-6-2-7-15-23)28-26-18-10-11-19-27(26)30-29(28)24-16-8-3-9-17-24/h1-21,25,30H/b21-20+/t25-/m0/s1. The van der Waals surface area contributed by atoms with Crippen molar-refractivity contribution in [3.05, 3.63) is 138 Å². The van der Waals surface area contributed by atoms with Crippen molar-refractivity contribution < 1.29 is 0 Å². The highest BCUT2D eigenvalue weighted by Gasteiger charge is 2.21. The third-order valence-electron chi connectivity index (χ3n) is 5.56. The molecule has 1 nitrogen and oxygen atoms in total. The van der Waals surface area contributed by atoms with Crippen LogP contribution in [0.15, 0.2) is 121 Å². The van der Waals surface area contributed by atoms with Crippen molar-refractivity contribution in [2.75, 3.05) is 0 Å². The van der Waals surface area contributed by atoms with E-state index in [0.29, 0.717) is 0 Å². The van der Waals surface area contributed by atoms with Crippen LogP contribution in [0.4, 0.5) is 0 Å². The zero-order valence-corrected chi connectivity index (χ0v) is 16.7. The first-order valence-corrected chi connectivity index (χ1v) is 10.3. The number of H-pyrrole nitrogens is 1. The van der Waals surface area contributed by atoms with Crippen LogP contribution in [0.5, 0.6) is 0 Å². The number of fused-ring (bicyclic) bond motifs is 1. The minimum atomic E-state index is 0.137. The third kappa shape index (κ3) is 3.58. The van der Waals surface area contributed by atoms with E-state index in [2.05, 4.69) is 132 Å². The number of rotatable bonds is 5. The predicted molar refractivity (Wildman–Crippen MR) is 127 cm³/mol. The van der Waals surface area contributed by atoms with E-state index in [4.69, 9.17) is 0 Å². The molecule has 30 heavy (non-hydrogen) atoms. The molecule has 1 aromatic heterocycles. The molecule has 5 aromatic rings. The van der Waals surface area contributed by atoms with E-state index < -0.39 is 0 Å². The van der Waals surface area contributed by atoms with Gasteiger partial charge in [-0.05, 0) is 28.3 Å². The van der Waals surface area contributed by atoms with Crippen molar-refractivity contribution in [2.45, 2.75) is 5.92 Å². The van der Waals surface area contributed by atoms with Crippen molar-refractivity contribution in [3.8, 4) is 11.3 Å². The van der Waals surface area contributed by atoms with Crippen molar-refractivity contribution in [3.63, 3.8) is 0 Å². The number of hydrogen-bond acceptors (Lipinski definition) is 0. The molecule has 0 fully saturated rings. The summed E-state index contributed by atoms with van der Waals surface area (Å²) in [5.41, 5.74) is 7.36. The van der Waals surface area contributed by atoms with Gasteiger partial charge in [-0.15, -0.1) is 0 Å². The van der Waals surface area contributed by atoms with Gasteiger partial charge in [-0.3, -0.25) is 0 Å². The highest BCUT2D eigenvalue weighted by molar-refractivity contribution is 5.92. The average Bonchev–Trinajstić information content (AvgIpc) is 3.21. The Kier molecular flexibility index (Phi) is 5.01. The summed E-state index contributed by atoms with van der Waals surface area (Å²) in [5.74, 6) is 0.137. The van der Waals surface area contributed by atoms with Crippen molar-refractivity contribution in [2.24, 2.45) is 0 Å². The second-order valence-electron chi connectivity index (χ2n) is 7.48. The number of benzene rings is 4. The van der Waals surface area contributed by atoms with Crippen molar-refractivity contribution >= 4 is 17.0 Å². The summed E-state index contributed by atoms with van der Waals surface area (Å²) < 4.78 is 0. The Hall–Kier alpha value is -3.84. The first kappa shape index (κ1) is 18.2. The molecule has 1 heteroatoms. The van der Waals surface area contributed by atoms with Gasteiger partial charge in [-0.25, -0.2) is 0 Å². The summed E-state index contributed by atoms with van der Waals surface area (Å²) in [7, 11) is 0. The molecule has 4 aromatic carbocycles. The lowest BCUT2D eigenvalue weighted by molar-refractivity contribution is 1.05. The van der Waals surface area contributed by atoms with Gasteiger partial charge in [0.25, 0.3) is 0 Å². The predicted octanol–water partition coefficient (Wildman–Crippen LogP) is 7.68. The van der Waals surface area contributed by atoms with Gasteiger partial charge in [0.1, 0.15) is 0 Å². The fourth-order valence-corrected chi connectivity index (χ4v) is 4.13. The molecule has 1 heterocycles. The molecule has 0 aliphatic carbocycles. The molecule has 0 radical (unpaired) electrons. The van der Waals surface area contributed by atoms with Crippen LogP contribution >= 0.6 is 0 Å². The molecule has 0 aliphatic heterocycles. The van der Waals surface area contributed by atoms with E-state index in [1.807, 2.05) is 0 Å². The van der Waals surface area contributed by atoms with Gasteiger partial charge < -0.3 is 4.98 Å². The van der Waals surface area contributed by atoms with Crippen LogP contribution in [0.25, 0.3) is 28.2 Å². The molecule has 144 valence electrons. The van der Waals surface area contributed by atoms with Gasteiger partial charge in [0.05, 0.1) is 5.69 Å². The Morgan fingerprint density at radius 2 is 1.20 bits per heavy atom. The zero-order chi connectivity index (χ0) is 20.2. The van der Waals surface area contributed by atoms with E-state index >= 15 is 0 Å². The molecule has 0 bridgehead atoms. The minimum absolute atomic E-state index is 0.137. The summed E-state index contributed by atoms with van der Waals surface area (Å²) in [5, 5.41) is 1.27. The maximum Gasteiger partial charge on any atom is 0.0506 e. The molecule has 0 unspecified atom stereocenters. The summed E-state index contributed by atoms with van der Waals surface area (Å²) >= 11 is 0. The van der Waals surface area contributed by atoms with Crippen molar-refractivity contribution in [1.82, 2.24) is 4.98 Å². The van der Waals surface area contributed by atoms with Crippen LogP contribution in [-0.2, 0) is 0 Å². The summed E-state index contributed by atoms with van der Waals surface area (Å²) in [6.45, 7) is 0. The summed E-state index contributed by atoms with van der Waals surface area (Å²) in [6.07, 6.45) is 4.56. The fourth-order valence-electron chi connectivity index (χ4n) is 4.13. The molecule has 0 saturated carbocycles. The van der Waals surface area contributed by atoms with Crippen LogP contribution < -0.4 is 0 Å². The molecule has 0 amide bonds. The largest absolute Gasteiger partial charge is 0.354 e. The quantitative estimate of drug-likeness (QED) is 0.319. The van der Waals surface area contributed by atoms with Gasteiger partial charge in [0, 0.05) is 16.8 Å². The maximum absolute atomic E-state index is 3.70. The van der Waals surface area contributed by atoms with Crippen LogP contribution in [-0.4, -0.2) is 4.98 Å². The average molecular weight is 386 g/mol. The lowest BCUT2D eigenvalue weighted by atomic mass is 9.87. The Morgan fingerprint density at radius 1 is 0.600 bits per heavy atom. The zero-order valence-electron chi connectivity index (χ0n) is 16.7. The molecule has 1 N–H and O–H groups in total. The van der Waals surface area contributed by atoms with Gasteiger partial charge in [0.15, 0.2) is 0 Å². The van der Waals surface area contributed by atoms with Crippen molar-refractivity contribution in [1.29, 1.82) is 0 Å². The highest BCUT2D eigenvalue weighted by atomic mass is 14.7. The molecule has 5 rings (SSSR count). The number of aromatic nitrogens is 1. The Labute approximate surface area is 177 Å². The van der Waals surface area contributed by atoms with Crippen LogP contribution in [0, 0.1) is 0 Å². The summed E-state index contributed by atoms with van der Waals surface area (Å²) in [4.78, 5) is 3.70. The lowest BCUT2D eigenvalue weighted by Gasteiger charge is -2.16. The first-order valence-electron chi connectivity index (χ1n) is 10.3. The molecular weight excluding hydrogens is 362 g/mol. The van der Waals surface area contributed by atoms with Crippen LogP contribution in [0.1, 0.15) is 22.6 Å². The van der Waals surface area contributed by atoms with Crippen LogP contribution in [0.2, 0.25) is 0 Å². The third-order valence-corrected chi connectivity index (χ3v) is 5.56. The van der Waals surface area contributed by atoms with Gasteiger partial charge in [-0.2, -0.15) is 0 Å². The van der Waals surface area contributed by atoms with E-state index in [9.17, 15) is 0 Å². The Balaban J connectivity index is 1.74. The fraction of sp³-hybridized carbons (Fsp3) is 0.0345. The monoisotopic (exact) mass is 385 g/mol. The number of para-hydroxylation sites is 1. The lowest BCUT2D eigenvalue weighted by Crippen LogP contribution is -1.99. The maximum atomic E-state index is 3.70. The number of hydrogen-bond donors (Lipinski definition) is 1. The van der Waals surface area contributed by atoms with E-state index in [1.54, 1.807) is 0 Å². The minimum Gasteiger partial charge on any atom is -0.354 e. The Morgan fingerprint density at radius 3 is 1.93 bits per heavy atom. The second-order valence-corrected chi connectivity index (χ2v) is 7.48. The number of allylic oxidation sites excluding steroid dienone is 1. The van der Waals surface area contributed by atoms with E-state index in [-0.39, 0.29) is 5.92 Å². The van der Waals surface area contributed by atoms with E-state index in [1.165, 1.54) is 38.9 Å². The molecule has 0 spiro atoms. The number of aromatic amines is 1. The SMILES string of the molecule is C(=C\[C@@H](c1ccccc1)c1c(-c2ccccc2)[nH]c2ccccc12)/c1ccccc1. The number of nitrogens with one attached hydrogen (secondary N) is 1. The first-order chi connectivity index (χ1) is 14.9. The second kappa shape index (κ2) is 8.26. The molecular formula is C29H23N. The molecule has 0 saturated heterocycles. The van der Waals surface area contributed by atoms with Gasteiger partial charge in [0.2, 0.25) is 0 Å². The van der Waals surface area contributed by atoms with E-state index in [0.717, 1.165) is 0 Å². The molecule has 1 atom stereocenters. The Bertz CT molecular complexity index is 1270. The molecule has 0 aliphatic rings.